The highest BCUT2D eigenvalue weighted by Crippen LogP contribution is 2.32. The van der Waals surface area contributed by atoms with Crippen LogP contribution in [0.5, 0.6) is 0 Å². The van der Waals surface area contributed by atoms with Crippen LogP contribution in [-0.2, 0) is 6.54 Å². The highest BCUT2D eigenvalue weighted by atomic mass is 32.1. The first-order valence-electron chi connectivity index (χ1n) is 8.05. The molecule has 24 heavy (non-hydrogen) atoms. The second-order valence-electron chi connectivity index (χ2n) is 5.87. The number of hydrogen-bond donors (Lipinski definition) is 0. The van der Waals surface area contributed by atoms with Gasteiger partial charge in [0.05, 0.1) is 16.7 Å². The van der Waals surface area contributed by atoms with Crippen molar-refractivity contribution < 1.29 is 4.52 Å². The first-order valence-corrected chi connectivity index (χ1v) is 8.93. The number of hydrogen-bond acceptors (Lipinski definition) is 8. The summed E-state index contributed by atoms with van der Waals surface area (Å²) in [7, 11) is 0. The highest BCUT2D eigenvalue weighted by Gasteiger charge is 2.29. The molecule has 124 valence electrons. The lowest BCUT2D eigenvalue weighted by atomic mass is 10.0. The fraction of sp³-hybridized carbons (Fsp3) is 0.438. The maximum atomic E-state index is 5.53. The van der Waals surface area contributed by atoms with Gasteiger partial charge in [0.15, 0.2) is 0 Å². The van der Waals surface area contributed by atoms with Crippen LogP contribution in [0.25, 0.3) is 11.6 Å². The van der Waals surface area contributed by atoms with E-state index in [0.717, 1.165) is 36.6 Å². The second kappa shape index (κ2) is 6.74. The lowest BCUT2D eigenvalue weighted by molar-refractivity contribution is 0.110. The van der Waals surface area contributed by atoms with Gasteiger partial charge in [-0.25, -0.2) is 15.0 Å². The van der Waals surface area contributed by atoms with Crippen LogP contribution < -0.4 is 0 Å². The Kier molecular flexibility index (Phi) is 4.31. The van der Waals surface area contributed by atoms with E-state index in [4.69, 9.17) is 4.52 Å². The number of piperidine rings is 1. The number of aryl methyl sites for hydroxylation is 1. The van der Waals surface area contributed by atoms with Gasteiger partial charge in [0.25, 0.3) is 0 Å². The molecule has 0 bridgehead atoms. The van der Waals surface area contributed by atoms with Gasteiger partial charge in [-0.05, 0) is 32.4 Å². The molecule has 4 rings (SSSR count). The predicted octanol–water partition coefficient (Wildman–Crippen LogP) is 3.02. The van der Waals surface area contributed by atoms with Crippen molar-refractivity contribution >= 4 is 11.3 Å². The van der Waals surface area contributed by atoms with Crippen LogP contribution >= 0.6 is 11.3 Å². The van der Waals surface area contributed by atoms with Gasteiger partial charge in [0.1, 0.15) is 0 Å². The molecule has 3 aromatic heterocycles. The molecule has 1 aliphatic heterocycles. The fourth-order valence-electron chi connectivity index (χ4n) is 3.02. The molecule has 0 aliphatic carbocycles. The van der Waals surface area contributed by atoms with Gasteiger partial charge in [0, 0.05) is 24.3 Å². The highest BCUT2D eigenvalue weighted by molar-refractivity contribution is 7.09. The van der Waals surface area contributed by atoms with Crippen LogP contribution in [0.3, 0.4) is 0 Å². The van der Waals surface area contributed by atoms with Crippen molar-refractivity contribution in [3.63, 3.8) is 0 Å². The molecule has 1 saturated heterocycles. The van der Waals surface area contributed by atoms with E-state index in [9.17, 15) is 0 Å². The lowest BCUT2D eigenvalue weighted by Gasteiger charge is -2.32. The summed E-state index contributed by atoms with van der Waals surface area (Å²) in [4.78, 5) is 19.8. The average molecular weight is 342 g/mol. The Bertz CT molecular complexity index is 802. The average Bonchev–Trinajstić information content (AvgIpc) is 3.26. The van der Waals surface area contributed by atoms with E-state index in [2.05, 4.69) is 35.4 Å². The monoisotopic (exact) mass is 342 g/mol. The minimum Gasteiger partial charge on any atom is -0.337 e. The molecule has 0 N–H and O–H groups in total. The Hall–Kier alpha value is -2.19. The van der Waals surface area contributed by atoms with Gasteiger partial charge in [0.2, 0.25) is 17.5 Å². The fourth-order valence-corrected chi connectivity index (χ4v) is 3.63. The molecule has 1 fully saturated rings. The summed E-state index contributed by atoms with van der Waals surface area (Å²) < 4.78 is 5.53. The summed E-state index contributed by atoms with van der Waals surface area (Å²) >= 11 is 1.69. The molecule has 0 spiro atoms. The Labute approximate surface area is 143 Å². The van der Waals surface area contributed by atoms with Crippen LogP contribution in [0.4, 0.5) is 0 Å². The topological polar surface area (TPSA) is 80.8 Å². The predicted molar refractivity (Wildman–Crippen MR) is 89.2 cm³/mol. The Morgan fingerprint density at radius 3 is 2.88 bits per heavy atom. The molecule has 0 amide bonds. The molecule has 0 radical (unpaired) electrons. The number of aromatic nitrogens is 5. The summed E-state index contributed by atoms with van der Waals surface area (Å²) in [5.41, 5.74) is 1.11. The van der Waals surface area contributed by atoms with E-state index in [-0.39, 0.29) is 6.04 Å². The summed E-state index contributed by atoms with van der Waals surface area (Å²) in [6, 6.07) is 1.90. The molecule has 8 heteroatoms. The molecule has 1 aliphatic rings. The van der Waals surface area contributed by atoms with Gasteiger partial charge in [-0.15, -0.1) is 11.3 Å². The zero-order chi connectivity index (χ0) is 16.4. The SMILES string of the molecule is Cc1nc(CN2CCCC[C@H]2c2nc(-c3ncccn3)no2)cs1. The largest absolute Gasteiger partial charge is 0.337 e. The van der Waals surface area contributed by atoms with E-state index in [1.807, 2.05) is 6.92 Å². The van der Waals surface area contributed by atoms with Crippen molar-refractivity contribution in [2.75, 3.05) is 6.54 Å². The minimum absolute atomic E-state index is 0.130. The van der Waals surface area contributed by atoms with Crippen LogP contribution in [0.2, 0.25) is 0 Å². The zero-order valence-corrected chi connectivity index (χ0v) is 14.2. The molecule has 4 heterocycles. The van der Waals surface area contributed by atoms with Gasteiger partial charge in [-0.1, -0.05) is 11.6 Å². The van der Waals surface area contributed by atoms with Crippen molar-refractivity contribution in [2.24, 2.45) is 0 Å². The smallest absolute Gasteiger partial charge is 0.244 e. The van der Waals surface area contributed by atoms with Gasteiger partial charge < -0.3 is 4.52 Å². The summed E-state index contributed by atoms with van der Waals surface area (Å²) in [6.45, 7) is 3.86. The van der Waals surface area contributed by atoms with Crippen molar-refractivity contribution in [1.82, 2.24) is 30.0 Å². The van der Waals surface area contributed by atoms with Crippen LogP contribution in [0.1, 0.15) is 41.9 Å². The molecular weight excluding hydrogens is 324 g/mol. The molecule has 0 unspecified atom stereocenters. The van der Waals surface area contributed by atoms with E-state index in [1.165, 1.54) is 6.42 Å². The Morgan fingerprint density at radius 1 is 1.21 bits per heavy atom. The van der Waals surface area contributed by atoms with Crippen LogP contribution in [0, 0.1) is 6.92 Å². The van der Waals surface area contributed by atoms with E-state index < -0.39 is 0 Å². The molecule has 1 atom stereocenters. The van der Waals surface area contributed by atoms with Crippen molar-refractivity contribution in [1.29, 1.82) is 0 Å². The minimum atomic E-state index is 0.130. The third-order valence-corrected chi connectivity index (χ3v) is 4.96. The van der Waals surface area contributed by atoms with Gasteiger partial charge >= 0.3 is 0 Å². The summed E-state index contributed by atoms with van der Waals surface area (Å²) in [6.07, 6.45) is 6.71. The Balaban J connectivity index is 1.55. The second-order valence-corrected chi connectivity index (χ2v) is 6.93. The number of nitrogens with zero attached hydrogens (tertiary/aromatic N) is 6. The maximum Gasteiger partial charge on any atom is 0.244 e. The van der Waals surface area contributed by atoms with Crippen molar-refractivity contribution in [3.8, 4) is 11.6 Å². The summed E-state index contributed by atoms with van der Waals surface area (Å²) in [5, 5.41) is 7.28. The molecule has 0 aromatic carbocycles. The molecule has 7 nitrogen and oxygen atoms in total. The normalized spacial score (nSPS) is 18.8. The maximum absolute atomic E-state index is 5.53. The van der Waals surface area contributed by atoms with E-state index >= 15 is 0 Å². The first-order chi connectivity index (χ1) is 11.8. The number of thiazole rings is 1. The summed E-state index contributed by atoms with van der Waals surface area (Å²) in [5.74, 6) is 1.58. The molecule has 3 aromatic rings. The lowest BCUT2D eigenvalue weighted by Crippen LogP contribution is -2.33. The first kappa shape index (κ1) is 15.3. The van der Waals surface area contributed by atoms with Crippen LogP contribution in [-0.4, -0.2) is 36.5 Å². The zero-order valence-electron chi connectivity index (χ0n) is 13.4. The van der Waals surface area contributed by atoms with Crippen molar-refractivity contribution in [3.05, 3.63) is 40.4 Å². The van der Waals surface area contributed by atoms with E-state index in [0.29, 0.717) is 17.5 Å². The molecular formula is C16H18N6OS. The quantitative estimate of drug-likeness (QED) is 0.721. The third kappa shape index (κ3) is 3.20. The molecule has 0 saturated carbocycles. The number of likely N-dealkylation sites (tertiary alicyclic amines) is 1. The van der Waals surface area contributed by atoms with Crippen LogP contribution in [0.15, 0.2) is 28.4 Å². The Morgan fingerprint density at radius 2 is 2.08 bits per heavy atom. The standard InChI is InChI=1S/C16H18N6OS/c1-11-19-12(10-24-11)9-22-8-3-2-5-13(22)16-20-15(21-23-16)14-17-6-4-7-18-14/h4,6-7,10,13H,2-3,5,8-9H2,1H3/t13-/m0/s1. The van der Waals surface area contributed by atoms with Gasteiger partial charge in [-0.3, -0.25) is 4.90 Å². The third-order valence-electron chi connectivity index (χ3n) is 4.14. The van der Waals surface area contributed by atoms with E-state index in [1.54, 1.807) is 29.8 Å². The number of rotatable bonds is 4. The van der Waals surface area contributed by atoms with Crippen molar-refractivity contribution in [2.45, 2.75) is 38.8 Å². The van der Waals surface area contributed by atoms with Gasteiger partial charge in [-0.2, -0.15) is 4.98 Å².